The van der Waals surface area contributed by atoms with Gasteiger partial charge in [0.1, 0.15) is 16.7 Å². The molecule has 6 nitrogen and oxygen atoms in total. The van der Waals surface area contributed by atoms with E-state index in [9.17, 15) is 9.18 Å². The summed E-state index contributed by atoms with van der Waals surface area (Å²) in [4.78, 5) is 29.8. The van der Waals surface area contributed by atoms with Gasteiger partial charge in [0.15, 0.2) is 0 Å². The van der Waals surface area contributed by atoms with Crippen LogP contribution in [0.2, 0.25) is 5.02 Å². The number of nitrogens with zero attached hydrogens (tertiary/aromatic N) is 5. The summed E-state index contributed by atoms with van der Waals surface area (Å²) in [5.41, 5.74) is 1.32. The first-order chi connectivity index (χ1) is 17.3. The second-order valence-electron chi connectivity index (χ2n) is 9.55. The maximum absolute atomic E-state index is 13.6. The molecule has 2 aromatic heterocycles. The van der Waals surface area contributed by atoms with Crippen LogP contribution >= 0.6 is 23.4 Å². The molecule has 0 atom stereocenters. The van der Waals surface area contributed by atoms with Gasteiger partial charge in [-0.05, 0) is 48.1 Å². The second kappa shape index (κ2) is 10.2. The summed E-state index contributed by atoms with van der Waals surface area (Å²) < 4.78 is 15.0. The highest BCUT2D eigenvalue weighted by molar-refractivity contribution is 7.99. The Hall–Kier alpha value is -2.97. The molecule has 4 aromatic rings. The van der Waals surface area contributed by atoms with E-state index in [1.807, 2.05) is 6.07 Å². The topological polar surface area (TPSA) is 63.9 Å². The van der Waals surface area contributed by atoms with E-state index in [4.69, 9.17) is 11.6 Å². The Labute approximate surface area is 218 Å². The smallest absolute Gasteiger partial charge is 0.263 e. The Balaban J connectivity index is 1.36. The molecular weight excluding hydrogens is 497 g/mol. The quantitative estimate of drug-likeness (QED) is 0.300. The van der Waals surface area contributed by atoms with Crippen LogP contribution in [0.1, 0.15) is 38.7 Å². The Morgan fingerprint density at radius 3 is 2.61 bits per heavy atom. The van der Waals surface area contributed by atoms with Gasteiger partial charge in [0, 0.05) is 18.0 Å². The fraction of sp³-hybridized carbons (Fsp3) is 0.333. The van der Waals surface area contributed by atoms with Crippen LogP contribution in [0.3, 0.4) is 0 Å². The lowest BCUT2D eigenvalue weighted by molar-refractivity contribution is 0.237. The summed E-state index contributed by atoms with van der Waals surface area (Å²) in [6, 6.07) is 9.77. The predicted molar refractivity (Wildman–Crippen MR) is 143 cm³/mol. The summed E-state index contributed by atoms with van der Waals surface area (Å²) in [5, 5.41) is 1.35. The summed E-state index contributed by atoms with van der Waals surface area (Å²) in [6.07, 6.45) is 8.52. The Bertz CT molecular complexity index is 1450. The van der Waals surface area contributed by atoms with Crippen LogP contribution in [0.5, 0.6) is 0 Å². The van der Waals surface area contributed by atoms with Crippen molar-refractivity contribution in [3.8, 4) is 0 Å². The largest absolute Gasteiger partial charge is 0.355 e. The summed E-state index contributed by atoms with van der Waals surface area (Å²) in [5.74, 6) is 0.532. The number of fused-ring (bicyclic) bond motifs is 1. The number of hydrogen-bond donors (Lipinski definition) is 0. The highest BCUT2D eigenvalue weighted by atomic mass is 35.5. The molecule has 36 heavy (non-hydrogen) atoms. The maximum atomic E-state index is 13.6. The van der Waals surface area contributed by atoms with Crippen molar-refractivity contribution in [3.05, 3.63) is 81.9 Å². The van der Waals surface area contributed by atoms with Gasteiger partial charge in [-0.25, -0.2) is 19.3 Å². The van der Waals surface area contributed by atoms with E-state index in [2.05, 4.69) is 33.7 Å². The van der Waals surface area contributed by atoms with Gasteiger partial charge in [0.05, 0.1) is 41.2 Å². The SMILES string of the molecule is CCC1(C)CCN(c2cnc(Sc3ccc4ncn(Cc5cccc(F)c5)c(=O)c4c3Cl)cn2)CC1. The van der Waals surface area contributed by atoms with Crippen LogP contribution < -0.4 is 10.5 Å². The molecule has 1 saturated heterocycles. The molecule has 0 aliphatic carbocycles. The molecule has 0 radical (unpaired) electrons. The zero-order valence-corrected chi connectivity index (χ0v) is 21.8. The van der Waals surface area contributed by atoms with Gasteiger partial charge in [-0.3, -0.25) is 9.36 Å². The minimum absolute atomic E-state index is 0.202. The molecule has 0 saturated carbocycles. The molecule has 1 aliphatic heterocycles. The van der Waals surface area contributed by atoms with Gasteiger partial charge < -0.3 is 4.90 Å². The molecule has 9 heteroatoms. The van der Waals surface area contributed by atoms with E-state index in [0.29, 0.717) is 36.8 Å². The average molecular weight is 524 g/mol. The van der Waals surface area contributed by atoms with Crippen LogP contribution in [-0.2, 0) is 6.54 Å². The van der Waals surface area contributed by atoms with Crippen LogP contribution in [0.25, 0.3) is 10.9 Å². The Morgan fingerprint density at radius 1 is 1.11 bits per heavy atom. The first-order valence-corrected chi connectivity index (χ1v) is 13.2. The fourth-order valence-electron chi connectivity index (χ4n) is 4.48. The van der Waals surface area contributed by atoms with Crippen molar-refractivity contribution < 1.29 is 4.39 Å². The van der Waals surface area contributed by atoms with Gasteiger partial charge in [-0.1, -0.05) is 55.8 Å². The van der Waals surface area contributed by atoms with Crippen molar-refractivity contribution >= 4 is 40.1 Å². The van der Waals surface area contributed by atoms with E-state index in [1.54, 1.807) is 30.6 Å². The van der Waals surface area contributed by atoms with Crippen molar-refractivity contribution in [2.45, 2.75) is 49.6 Å². The summed E-state index contributed by atoms with van der Waals surface area (Å²) >= 11 is 8.06. The minimum Gasteiger partial charge on any atom is -0.355 e. The van der Waals surface area contributed by atoms with Crippen LogP contribution in [-0.4, -0.2) is 32.6 Å². The van der Waals surface area contributed by atoms with Crippen molar-refractivity contribution in [1.29, 1.82) is 0 Å². The van der Waals surface area contributed by atoms with E-state index < -0.39 is 0 Å². The third-order valence-corrected chi connectivity index (χ3v) is 8.60. The summed E-state index contributed by atoms with van der Waals surface area (Å²) in [6.45, 7) is 6.78. The molecule has 1 aliphatic rings. The third kappa shape index (κ3) is 5.11. The number of rotatable bonds is 6. The van der Waals surface area contributed by atoms with Gasteiger partial charge >= 0.3 is 0 Å². The number of halogens is 2. The first-order valence-electron chi connectivity index (χ1n) is 12.0. The lowest BCUT2D eigenvalue weighted by atomic mass is 9.78. The van der Waals surface area contributed by atoms with Gasteiger partial charge in [-0.2, -0.15) is 0 Å². The second-order valence-corrected chi connectivity index (χ2v) is 11.0. The number of anilines is 1. The molecule has 2 aromatic carbocycles. The zero-order valence-electron chi connectivity index (χ0n) is 20.2. The monoisotopic (exact) mass is 523 g/mol. The number of aromatic nitrogens is 4. The van der Waals surface area contributed by atoms with E-state index in [1.165, 1.54) is 41.2 Å². The highest BCUT2D eigenvalue weighted by Gasteiger charge is 2.28. The third-order valence-electron chi connectivity index (χ3n) is 7.11. The lowest BCUT2D eigenvalue weighted by Gasteiger charge is -2.39. The van der Waals surface area contributed by atoms with Crippen molar-refractivity contribution in [1.82, 2.24) is 19.5 Å². The molecule has 0 N–H and O–H groups in total. The van der Waals surface area contributed by atoms with Crippen LogP contribution in [0.15, 0.2) is 69.8 Å². The zero-order chi connectivity index (χ0) is 25.3. The van der Waals surface area contributed by atoms with E-state index >= 15 is 0 Å². The Morgan fingerprint density at radius 2 is 1.92 bits per heavy atom. The normalized spacial score (nSPS) is 15.4. The van der Waals surface area contributed by atoms with E-state index in [-0.39, 0.29) is 17.9 Å². The Kier molecular flexibility index (Phi) is 6.99. The molecule has 0 unspecified atom stereocenters. The molecule has 0 bridgehead atoms. The fourth-order valence-corrected chi connectivity index (χ4v) is 5.60. The van der Waals surface area contributed by atoms with E-state index in [0.717, 1.165) is 31.7 Å². The maximum Gasteiger partial charge on any atom is 0.263 e. The molecule has 0 spiro atoms. The number of hydrogen-bond acceptors (Lipinski definition) is 6. The predicted octanol–water partition coefficient (Wildman–Crippen LogP) is 6.20. The standard InChI is InChI=1S/C27H27ClFN5OS/c1-3-27(2)9-11-33(12-10-27)22-14-31-23(15-30-22)36-21-8-7-20-24(25(21)28)26(35)34(17-32-20)16-18-5-4-6-19(29)13-18/h4-8,13-15,17H,3,9-12,16H2,1-2H3. The first kappa shape index (κ1) is 24.7. The molecule has 186 valence electrons. The van der Waals surface area contributed by atoms with Crippen LogP contribution in [0.4, 0.5) is 10.2 Å². The van der Waals surface area contributed by atoms with Crippen molar-refractivity contribution in [3.63, 3.8) is 0 Å². The van der Waals surface area contributed by atoms with Gasteiger partial charge in [-0.15, -0.1) is 0 Å². The lowest BCUT2D eigenvalue weighted by Crippen LogP contribution is -2.38. The molecule has 3 heterocycles. The molecular formula is C27H27ClFN5OS. The van der Waals surface area contributed by atoms with Crippen LogP contribution in [0, 0.1) is 11.2 Å². The minimum atomic E-state index is -0.349. The number of piperidine rings is 1. The van der Waals surface area contributed by atoms with Gasteiger partial charge in [0.25, 0.3) is 5.56 Å². The van der Waals surface area contributed by atoms with Crippen molar-refractivity contribution in [2.75, 3.05) is 18.0 Å². The average Bonchev–Trinajstić information content (AvgIpc) is 2.88. The highest BCUT2D eigenvalue weighted by Crippen LogP contribution is 2.37. The molecule has 5 rings (SSSR count). The van der Waals surface area contributed by atoms with Crippen molar-refractivity contribution in [2.24, 2.45) is 5.41 Å². The number of benzene rings is 2. The summed E-state index contributed by atoms with van der Waals surface area (Å²) in [7, 11) is 0. The van der Waals surface area contributed by atoms with Gasteiger partial charge in [0.2, 0.25) is 0 Å². The molecule has 0 amide bonds. The molecule has 1 fully saturated rings.